The maximum absolute atomic E-state index is 11.2. The van der Waals surface area contributed by atoms with Gasteiger partial charge in [0.05, 0.1) is 5.54 Å². The second-order valence-electron chi connectivity index (χ2n) is 2.92. The molecule has 0 radical (unpaired) electrons. The van der Waals surface area contributed by atoms with Crippen LogP contribution in [0.2, 0.25) is 0 Å². The molecule has 1 aromatic rings. The Hall–Kier alpha value is -1.01. The predicted octanol–water partition coefficient (Wildman–Crippen LogP) is 0.214. The van der Waals surface area contributed by atoms with Gasteiger partial charge in [-0.3, -0.25) is 10.1 Å². The van der Waals surface area contributed by atoms with Crippen molar-refractivity contribution in [3.05, 3.63) is 5.51 Å². The number of nitrogens with zero attached hydrogens (tertiary/aromatic N) is 2. The number of anilines is 1. The van der Waals surface area contributed by atoms with Crippen molar-refractivity contribution in [3.63, 3.8) is 0 Å². The lowest BCUT2D eigenvalue weighted by Crippen LogP contribution is -2.45. The van der Waals surface area contributed by atoms with Gasteiger partial charge in [-0.2, -0.15) is 0 Å². The predicted molar refractivity (Wildman–Crippen MR) is 46.8 cm³/mol. The summed E-state index contributed by atoms with van der Waals surface area (Å²) in [7, 11) is 0. The van der Waals surface area contributed by atoms with E-state index in [0.29, 0.717) is 5.13 Å². The standard InChI is InChI=1S/C6H10N4OS/c1-6(2,7)4(11)9-5-10-8-3-12-5/h3H,7H2,1-2H3,(H,9,10,11). The van der Waals surface area contributed by atoms with E-state index in [4.69, 9.17) is 5.73 Å². The lowest BCUT2D eigenvalue weighted by Gasteiger charge is -2.15. The third-order valence-corrected chi connectivity index (χ3v) is 1.77. The molecule has 66 valence electrons. The molecule has 0 unspecified atom stereocenters. The molecule has 0 bridgehead atoms. The highest BCUT2D eigenvalue weighted by molar-refractivity contribution is 7.13. The number of carbonyl (C=O) groups is 1. The fourth-order valence-electron chi connectivity index (χ4n) is 0.486. The summed E-state index contributed by atoms with van der Waals surface area (Å²) in [6.45, 7) is 3.26. The molecule has 1 rings (SSSR count). The van der Waals surface area contributed by atoms with Gasteiger partial charge in [-0.25, -0.2) is 0 Å². The molecule has 0 fully saturated rings. The van der Waals surface area contributed by atoms with Gasteiger partial charge in [0.15, 0.2) is 0 Å². The van der Waals surface area contributed by atoms with E-state index in [0.717, 1.165) is 0 Å². The molecule has 1 aromatic heterocycles. The van der Waals surface area contributed by atoms with E-state index in [1.807, 2.05) is 0 Å². The molecule has 0 spiro atoms. The van der Waals surface area contributed by atoms with E-state index >= 15 is 0 Å². The number of hydrogen-bond donors (Lipinski definition) is 2. The topological polar surface area (TPSA) is 80.9 Å². The highest BCUT2D eigenvalue weighted by Crippen LogP contribution is 2.10. The number of aromatic nitrogens is 2. The van der Waals surface area contributed by atoms with E-state index in [9.17, 15) is 4.79 Å². The summed E-state index contributed by atoms with van der Waals surface area (Å²) in [6.07, 6.45) is 0. The molecular weight excluding hydrogens is 176 g/mol. The van der Waals surface area contributed by atoms with Gasteiger partial charge < -0.3 is 5.73 Å². The van der Waals surface area contributed by atoms with Crippen LogP contribution in [0.5, 0.6) is 0 Å². The smallest absolute Gasteiger partial charge is 0.245 e. The molecule has 0 aromatic carbocycles. The Morgan fingerprint density at radius 1 is 1.75 bits per heavy atom. The van der Waals surface area contributed by atoms with Gasteiger partial charge >= 0.3 is 0 Å². The average molecular weight is 186 g/mol. The highest BCUT2D eigenvalue weighted by atomic mass is 32.1. The summed E-state index contributed by atoms with van der Waals surface area (Å²) in [5, 5.41) is 10.2. The molecule has 6 heteroatoms. The van der Waals surface area contributed by atoms with E-state index in [2.05, 4.69) is 15.5 Å². The number of nitrogens with one attached hydrogen (secondary N) is 1. The second-order valence-corrected chi connectivity index (χ2v) is 3.75. The first-order chi connectivity index (χ1) is 5.50. The van der Waals surface area contributed by atoms with Crippen LogP contribution in [0, 0.1) is 0 Å². The van der Waals surface area contributed by atoms with Crippen LogP contribution in [-0.2, 0) is 4.79 Å². The van der Waals surface area contributed by atoms with Crippen LogP contribution in [0.3, 0.4) is 0 Å². The van der Waals surface area contributed by atoms with Crippen molar-refractivity contribution in [2.75, 3.05) is 5.32 Å². The van der Waals surface area contributed by atoms with Gasteiger partial charge in [-0.05, 0) is 13.8 Å². The van der Waals surface area contributed by atoms with Crippen molar-refractivity contribution < 1.29 is 4.79 Å². The Kier molecular flexibility index (Phi) is 2.39. The fourth-order valence-corrected chi connectivity index (χ4v) is 0.926. The van der Waals surface area contributed by atoms with Gasteiger partial charge in [0.1, 0.15) is 5.51 Å². The van der Waals surface area contributed by atoms with E-state index < -0.39 is 5.54 Å². The van der Waals surface area contributed by atoms with Crippen LogP contribution >= 0.6 is 11.3 Å². The number of carbonyl (C=O) groups excluding carboxylic acids is 1. The van der Waals surface area contributed by atoms with Crippen LogP contribution < -0.4 is 11.1 Å². The summed E-state index contributed by atoms with van der Waals surface area (Å²) in [5.74, 6) is -0.265. The highest BCUT2D eigenvalue weighted by Gasteiger charge is 2.22. The minimum Gasteiger partial charge on any atom is -0.318 e. The minimum absolute atomic E-state index is 0.265. The molecular formula is C6H10N4OS. The number of hydrogen-bond acceptors (Lipinski definition) is 5. The van der Waals surface area contributed by atoms with Gasteiger partial charge in [0, 0.05) is 0 Å². The van der Waals surface area contributed by atoms with Crippen molar-refractivity contribution in [2.24, 2.45) is 5.73 Å². The molecule has 12 heavy (non-hydrogen) atoms. The minimum atomic E-state index is -0.883. The molecule has 0 saturated carbocycles. The summed E-state index contributed by atoms with van der Waals surface area (Å²) in [6, 6.07) is 0. The Bertz CT molecular complexity index is 264. The Balaban J connectivity index is 2.60. The third kappa shape index (κ3) is 2.24. The van der Waals surface area contributed by atoms with Gasteiger partial charge in [0.25, 0.3) is 0 Å². The van der Waals surface area contributed by atoms with E-state index in [1.165, 1.54) is 11.3 Å². The average Bonchev–Trinajstić information content (AvgIpc) is 2.37. The molecule has 0 saturated heterocycles. The fraction of sp³-hybridized carbons (Fsp3) is 0.500. The van der Waals surface area contributed by atoms with Crippen LogP contribution in [0.1, 0.15) is 13.8 Å². The summed E-state index contributed by atoms with van der Waals surface area (Å²) in [4.78, 5) is 11.2. The lowest BCUT2D eigenvalue weighted by atomic mass is 10.1. The molecule has 0 aliphatic heterocycles. The van der Waals surface area contributed by atoms with E-state index in [1.54, 1.807) is 19.4 Å². The summed E-state index contributed by atoms with van der Waals surface area (Å²) >= 11 is 1.26. The Morgan fingerprint density at radius 2 is 2.42 bits per heavy atom. The van der Waals surface area contributed by atoms with Crippen LogP contribution in [0.15, 0.2) is 5.51 Å². The maximum atomic E-state index is 11.2. The first kappa shape index (κ1) is 9.08. The first-order valence-corrected chi connectivity index (χ1v) is 4.24. The normalized spacial score (nSPS) is 11.2. The number of nitrogens with two attached hydrogens (primary N) is 1. The number of amides is 1. The zero-order valence-electron chi connectivity index (χ0n) is 6.87. The van der Waals surface area contributed by atoms with Crippen molar-refractivity contribution in [2.45, 2.75) is 19.4 Å². The largest absolute Gasteiger partial charge is 0.318 e. The zero-order valence-corrected chi connectivity index (χ0v) is 7.68. The first-order valence-electron chi connectivity index (χ1n) is 3.36. The summed E-state index contributed by atoms with van der Waals surface area (Å²) in [5.41, 5.74) is 6.20. The second kappa shape index (κ2) is 3.16. The van der Waals surface area contributed by atoms with Gasteiger partial charge in [0.2, 0.25) is 11.0 Å². The molecule has 0 aliphatic rings. The maximum Gasteiger partial charge on any atom is 0.245 e. The monoisotopic (exact) mass is 186 g/mol. The molecule has 1 heterocycles. The number of rotatable bonds is 2. The Morgan fingerprint density at radius 3 is 2.83 bits per heavy atom. The van der Waals surface area contributed by atoms with Crippen molar-refractivity contribution in [1.29, 1.82) is 0 Å². The Labute approximate surface area is 74.0 Å². The van der Waals surface area contributed by atoms with Crippen LogP contribution in [-0.4, -0.2) is 21.6 Å². The quantitative estimate of drug-likeness (QED) is 0.692. The molecule has 0 aliphatic carbocycles. The molecule has 5 nitrogen and oxygen atoms in total. The molecule has 0 atom stereocenters. The van der Waals surface area contributed by atoms with Crippen LogP contribution in [0.25, 0.3) is 0 Å². The van der Waals surface area contributed by atoms with Crippen molar-refractivity contribution in [3.8, 4) is 0 Å². The molecule has 3 N–H and O–H groups in total. The van der Waals surface area contributed by atoms with Crippen molar-refractivity contribution in [1.82, 2.24) is 10.2 Å². The van der Waals surface area contributed by atoms with Gasteiger partial charge in [-0.1, -0.05) is 11.3 Å². The molecule has 1 amide bonds. The van der Waals surface area contributed by atoms with E-state index in [-0.39, 0.29) is 5.91 Å². The third-order valence-electron chi connectivity index (χ3n) is 1.17. The van der Waals surface area contributed by atoms with Gasteiger partial charge in [-0.15, -0.1) is 10.2 Å². The SMILES string of the molecule is CC(C)(N)C(=O)Nc1nncs1. The van der Waals surface area contributed by atoms with Crippen LogP contribution in [0.4, 0.5) is 5.13 Å². The zero-order chi connectivity index (χ0) is 9.19. The van der Waals surface area contributed by atoms with Crippen molar-refractivity contribution >= 4 is 22.4 Å². The lowest BCUT2D eigenvalue weighted by molar-refractivity contribution is -0.120. The summed E-state index contributed by atoms with van der Waals surface area (Å²) < 4.78 is 0.